The molecule has 0 bridgehead atoms. The minimum Gasteiger partial charge on any atom is -0.493 e. The molecule has 0 spiro atoms. The minimum absolute atomic E-state index is 0.566. The molecule has 1 N–H and O–H groups in total. The van der Waals surface area contributed by atoms with Gasteiger partial charge < -0.3 is 14.0 Å². The minimum atomic E-state index is 0.566. The lowest BCUT2D eigenvalue weighted by Gasteiger charge is -2.07. The zero-order valence-electron chi connectivity index (χ0n) is 10.8. The van der Waals surface area contributed by atoms with Crippen LogP contribution in [-0.2, 0) is 17.7 Å². The number of aromatic amines is 1. The van der Waals surface area contributed by atoms with Gasteiger partial charge in [-0.15, -0.1) is 0 Å². The summed E-state index contributed by atoms with van der Waals surface area (Å²) in [6, 6.07) is 9.72. The Bertz CT molecular complexity index is 551. The van der Waals surface area contributed by atoms with E-state index in [0.29, 0.717) is 31.0 Å². The van der Waals surface area contributed by atoms with Crippen molar-refractivity contribution in [3.05, 3.63) is 40.9 Å². The Balaban J connectivity index is 1.91. The molecule has 0 amide bonds. The number of H-pyrrole nitrogens is 1. The summed E-state index contributed by atoms with van der Waals surface area (Å²) in [7, 11) is 1.67. The van der Waals surface area contributed by atoms with E-state index < -0.39 is 0 Å². The van der Waals surface area contributed by atoms with Crippen LogP contribution >= 0.6 is 12.2 Å². The number of rotatable bonds is 7. The first kappa shape index (κ1) is 13.8. The van der Waals surface area contributed by atoms with Gasteiger partial charge in [0.05, 0.1) is 13.2 Å². The van der Waals surface area contributed by atoms with Gasteiger partial charge in [-0.05, 0) is 24.4 Å². The van der Waals surface area contributed by atoms with Crippen LogP contribution in [0.2, 0.25) is 0 Å². The third-order valence-electron chi connectivity index (χ3n) is 2.69. The van der Waals surface area contributed by atoms with Gasteiger partial charge in [-0.25, -0.2) is 0 Å². The molecular weight excluding hydrogens is 262 g/mol. The molecule has 1 aromatic carbocycles. The van der Waals surface area contributed by atoms with E-state index in [0.717, 1.165) is 11.6 Å². The molecule has 2 rings (SSSR count). The molecule has 1 heterocycles. The van der Waals surface area contributed by atoms with E-state index in [1.165, 1.54) is 0 Å². The highest BCUT2D eigenvalue weighted by molar-refractivity contribution is 7.71. The third kappa shape index (κ3) is 3.90. The van der Waals surface area contributed by atoms with E-state index in [-0.39, 0.29) is 0 Å². The summed E-state index contributed by atoms with van der Waals surface area (Å²) in [5, 5.41) is 7.01. The van der Waals surface area contributed by atoms with Gasteiger partial charge in [0.2, 0.25) is 0 Å². The van der Waals surface area contributed by atoms with Crippen molar-refractivity contribution in [2.45, 2.75) is 13.0 Å². The van der Waals surface area contributed by atoms with Gasteiger partial charge in [-0.3, -0.25) is 5.10 Å². The normalized spacial score (nSPS) is 10.6. The molecule has 0 saturated heterocycles. The molecule has 1 aromatic heterocycles. The van der Waals surface area contributed by atoms with Gasteiger partial charge in [0.1, 0.15) is 11.6 Å². The summed E-state index contributed by atoms with van der Waals surface area (Å²) in [6.07, 6.45) is 0.700. The lowest BCUT2D eigenvalue weighted by molar-refractivity contribution is 0.185. The first-order valence-electron chi connectivity index (χ1n) is 6.12. The number of nitrogens with one attached hydrogen (secondary N) is 1. The SMILES string of the molecule is COCCn1c(CCOc2ccccc2)n[nH]c1=S. The fraction of sp³-hybridized carbons (Fsp3) is 0.385. The van der Waals surface area contributed by atoms with Gasteiger partial charge in [0.15, 0.2) is 4.77 Å². The molecule has 0 saturated carbocycles. The fourth-order valence-corrected chi connectivity index (χ4v) is 1.97. The van der Waals surface area contributed by atoms with E-state index >= 15 is 0 Å². The Labute approximate surface area is 117 Å². The van der Waals surface area contributed by atoms with Crippen LogP contribution in [0.5, 0.6) is 5.75 Å². The molecule has 2 aromatic rings. The van der Waals surface area contributed by atoms with E-state index in [4.69, 9.17) is 21.7 Å². The summed E-state index contributed by atoms with van der Waals surface area (Å²) in [4.78, 5) is 0. The lowest BCUT2D eigenvalue weighted by Crippen LogP contribution is -2.11. The summed E-state index contributed by atoms with van der Waals surface area (Å²) in [5.41, 5.74) is 0. The zero-order valence-corrected chi connectivity index (χ0v) is 11.7. The fourth-order valence-electron chi connectivity index (χ4n) is 1.73. The second-order valence-electron chi connectivity index (χ2n) is 4.00. The van der Waals surface area contributed by atoms with Crippen molar-refractivity contribution < 1.29 is 9.47 Å². The average Bonchev–Trinajstić information content (AvgIpc) is 2.78. The van der Waals surface area contributed by atoms with E-state index in [1.807, 2.05) is 34.9 Å². The molecule has 102 valence electrons. The van der Waals surface area contributed by atoms with Crippen molar-refractivity contribution in [1.29, 1.82) is 0 Å². The van der Waals surface area contributed by atoms with E-state index in [1.54, 1.807) is 7.11 Å². The monoisotopic (exact) mass is 279 g/mol. The van der Waals surface area contributed by atoms with Crippen LogP contribution in [0.1, 0.15) is 5.82 Å². The summed E-state index contributed by atoms with van der Waals surface area (Å²) >= 11 is 5.18. The predicted molar refractivity (Wildman–Crippen MR) is 74.9 cm³/mol. The van der Waals surface area contributed by atoms with Crippen LogP contribution in [0.4, 0.5) is 0 Å². The van der Waals surface area contributed by atoms with Crippen LogP contribution in [0.25, 0.3) is 0 Å². The Kier molecular flexibility index (Phi) is 5.11. The number of aromatic nitrogens is 3. The van der Waals surface area contributed by atoms with Crippen molar-refractivity contribution in [2.24, 2.45) is 0 Å². The van der Waals surface area contributed by atoms with Crippen molar-refractivity contribution in [2.75, 3.05) is 20.3 Å². The maximum absolute atomic E-state index is 5.65. The van der Waals surface area contributed by atoms with Crippen molar-refractivity contribution in [3.63, 3.8) is 0 Å². The van der Waals surface area contributed by atoms with Crippen LogP contribution in [0, 0.1) is 4.77 Å². The van der Waals surface area contributed by atoms with Crippen LogP contribution in [0.15, 0.2) is 30.3 Å². The summed E-state index contributed by atoms with van der Waals surface area (Å²) < 4.78 is 13.3. The Hall–Kier alpha value is -1.66. The lowest BCUT2D eigenvalue weighted by atomic mass is 10.3. The maximum atomic E-state index is 5.65. The van der Waals surface area contributed by atoms with Crippen molar-refractivity contribution in [1.82, 2.24) is 14.8 Å². The van der Waals surface area contributed by atoms with Crippen molar-refractivity contribution in [3.8, 4) is 5.75 Å². The Morgan fingerprint density at radius 2 is 2.05 bits per heavy atom. The number of hydrogen-bond donors (Lipinski definition) is 1. The number of nitrogens with zero attached hydrogens (tertiary/aromatic N) is 2. The summed E-state index contributed by atoms with van der Waals surface area (Å²) in [6.45, 7) is 1.88. The number of benzene rings is 1. The van der Waals surface area contributed by atoms with Crippen LogP contribution < -0.4 is 4.74 Å². The number of hydrogen-bond acceptors (Lipinski definition) is 4. The predicted octanol–water partition coefficient (Wildman–Crippen LogP) is 2.21. The molecule has 0 aliphatic heterocycles. The number of para-hydroxylation sites is 1. The molecule has 0 unspecified atom stereocenters. The molecule has 5 nitrogen and oxygen atoms in total. The number of methoxy groups -OCH3 is 1. The largest absolute Gasteiger partial charge is 0.493 e. The standard InChI is InChI=1S/C13H17N3O2S/c1-17-10-8-16-12(14-15-13(16)19)7-9-18-11-5-3-2-4-6-11/h2-6H,7-10H2,1H3,(H,15,19). The molecule has 0 atom stereocenters. The third-order valence-corrected chi connectivity index (χ3v) is 3.01. The molecule has 19 heavy (non-hydrogen) atoms. The molecule has 0 aliphatic carbocycles. The smallest absolute Gasteiger partial charge is 0.195 e. The first-order valence-corrected chi connectivity index (χ1v) is 6.53. The van der Waals surface area contributed by atoms with Gasteiger partial charge in [0.25, 0.3) is 0 Å². The number of ether oxygens (including phenoxy) is 2. The quantitative estimate of drug-likeness (QED) is 0.790. The summed E-state index contributed by atoms with van der Waals surface area (Å²) in [5.74, 6) is 1.75. The first-order chi connectivity index (χ1) is 9.31. The molecular formula is C13H17N3O2S. The highest BCUT2D eigenvalue weighted by Crippen LogP contribution is 2.09. The van der Waals surface area contributed by atoms with Gasteiger partial charge in [-0.2, -0.15) is 5.10 Å². The van der Waals surface area contributed by atoms with Crippen LogP contribution in [0.3, 0.4) is 0 Å². The molecule has 0 aliphatic rings. The van der Waals surface area contributed by atoms with Gasteiger partial charge >= 0.3 is 0 Å². The van der Waals surface area contributed by atoms with Crippen molar-refractivity contribution >= 4 is 12.2 Å². The van der Waals surface area contributed by atoms with Gasteiger partial charge in [-0.1, -0.05) is 18.2 Å². The Morgan fingerprint density at radius 1 is 1.26 bits per heavy atom. The van der Waals surface area contributed by atoms with Crippen LogP contribution in [-0.4, -0.2) is 35.1 Å². The molecule has 0 fully saturated rings. The topological polar surface area (TPSA) is 52.1 Å². The molecule has 0 radical (unpaired) electrons. The highest BCUT2D eigenvalue weighted by atomic mass is 32.1. The maximum Gasteiger partial charge on any atom is 0.195 e. The Morgan fingerprint density at radius 3 is 2.79 bits per heavy atom. The van der Waals surface area contributed by atoms with Gasteiger partial charge in [0, 0.05) is 20.1 Å². The average molecular weight is 279 g/mol. The zero-order chi connectivity index (χ0) is 13.5. The molecule has 6 heteroatoms. The highest BCUT2D eigenvalue weighted by Gasteiger charge is 2.06. The second-order valence-corrected chi connectivity index (χ2v) is 4.39. The second kappa shape index (κ2) is 7.06. The van der Waals surface area contributed by atoms with E-state index in [9.17, 15) is 0 Å². The van der Waals surface area contributed by atoms with E-state index in [2.05, 4.69) is 10.2 Å².